The second-order valence-corrected chi connectivity index (χ2v) is 5.91. The van der Waals surface area contributed by atoms with Gasteiger partial charge in [0.25, 0.3) is 5.91 Å². The standard InChI is InChI=1S/C19H22N2O3/c22-19(21-11-4-12-23-14-15-8-9-15)17-6-1-2-7-18(17)24-16-5-3-10-20-13-16/h1-3,5-7,10,13,15H,4,8-9,11-12,14H2,(H,21,22). The maximum Gasteiger partial charge on any atom is 0.255 e. The first-order valence-electron chi connectivity index (χ1n) is 8.36. The second-order valence-electron chi connectivity index (χ2n) is 5.91. The topological polar surface area (TPSA) is 60.5 Å². The fourth-order valence-electron chi connectivity index (χ4n) is 2.28. The molecule has 1 heterocycles. The van der Waals surface area contributed by atoms with Crippen LogP contribution in [0.4, 0.5) is 0 Å². The third-order valence-electron chi connectivity index (χ3n) is 3.80. The lowest BCUT2D eigenvalue weighted by Gasteiger charge is -2.11. The molecule has 1 N–H and O–H groups in total. The maximum atomic E-state index is 12.4. The highest BCUT2D eigenvalue weighted by atomic mass is 16.5. The van der Waals surface area contributed by atoms with Crippen molar-refractivity contribution in [2.45, 2.75) is 19.3 Å². The predicted molar refractivity (Wildman–Crippen MR) is 91.2 cm³/mol. The van der Waals surface area contributed by atoms with Crippen LogP contribution in [0.25, 0.3) is 0 Å². The zero-order valence-corrected chi connectivity index (χ0v) is 13.6. The molecule has 2 aromatic rings. The van der Waals surface area contributed by atoms with Gasteiger partial charge in [0, 0.05) is 26.0 Å². The first-order chi connectivity index (χ1) is 11.8. The molecule has 1 aliphatic rings. The number of amides is 1. The number of nitrogens with one attached hydrogen (secondary N) is 1. The van der Waals surface area contributed by atoms with E-state index in [-0.39, 0.29) is 5.91 Å². The van der Waals surface area contributed by atoms with Gasteiger partial charge in [0.2, 0.25) is 0 Å². The van der Waals surface area contributed by atoms with Crippen molar-refractivity contribution < 1.29 is 14.3 Å². The number of nitrogens with zero attached hydrogens (tertiary/aromatic N) is 1. The van der Waals surface area contributed by atoms with Crippen LogP contribution in [0.5, 0.6) is 11.5 Å². The quantitative estimate of drug-likeness (QED) is 0.717. The van der Waals surface area contributed by atoms with Crippen LogP contribution in [0.3, 0.4) is 0 Å². The van der Waals surface area contributed by atoms with Crippen LogP contribution in [-0.4, -0.2) is 30.6 Å². The van der Waals surface area contributed by atoms with E-state index in [4.69, 9.17) is 9.47 Å². The molecule has 1 fully saturated rings. The minimum atomic E-state index is -0.142. The lowest BCUT2D eigenvalue weighted by Crippen LogP contribution is -2.25. The molecule has 0 radical (unpaired) electrons. The van der Waals surface area contributed by atoms with Crippen molar-refractivity contribution in [3.63, 3.8) is 0 Å². The third kappa shape index (κ3) is 5.06. The van der Waals surface area contributed by atoms with E-state index >= 15 is 0 Å². The average Bonchev–Trinajstić information content (AvgIpc) is 3.43. The number of carbonyl (C=O) groups excluding carboxylic acids is 1. The normalized spacial score (nSPS) is 13.5. The van der Waals surface area contributed by atoms with Gasteiger partial charge in [-0.25, -0.2) is 0 Å². The largest absolute Gasteiger partial charge is 0.455 e. The number of benzene rings is 1. The molecule has 5 heteroatoms. The van der Waals surface area contributed by atoms with Gasteiger partial charge in [-0.3, -0.25) is 9.78 Å². The van der Waals surface area contributed by atoms with Crippen LogP contribution >= 0.6 is 0 Å². The zero-order valence-electron chi connectivity index (χ0n) is 13.6. The summed E-state index contributed by atoms with van der Waals surface area (Å²) in [5.74, 6) is 1.76. The van der Waals surface area contributed by atoms with Gasteiger partial charge in [-0.15, -0.1) is 0 Å². The molecular weight excluding hydrogens is 304 g/mol. The van der Waals surface area contributed by atoms with Crippen LogP contribution < -0.4 is 10.1 Å². The summed E-state index contributed by atoms with van der Waals surface area (Å²) >= 11 is 0. The van der Waals surface area contributed by atoms with Gasteiger partial charge in [-0.1, -0.05) is 12.1 Å². The molecule has 1 amide bonds. The van der Waals surface area contributed by atoms with Crippen LogP contribution in [0.2, 0.25) is 0 Å². The molecule has 1 aromatic carbocycles. The Morgan fingerprint density at radius 2 is 2.08 bits per heavy atom. The summed E-state index contributed by atoms with van der Waals surface area (Å²) in [6, 6.07) is 10.8. The summed E-state index contributed by atoms with van der Waals surface area (Å²) in [4.78, 5) is 16.4. The minimum absolute atomic E-state index is 0.142. The molecule has 0 spiro atoms. The van der Waals surface area contributed by atoms with E-state index in [1.807, 2.05) is 12.1 Å². The number of hydrogen-bond donors (Lipinski definition) is 1. The van der Waals surface area contributed by atoms with Crippen molar-refractivity contribution in [1.82, 2.24) is 10.3 Å². The fraction of sp³-hybridized carbons (Fsp3) is 0.368. The van der Waals surface area contributed by atoms with Gasteiger partial charge in [-0.2, -0.15) is 0 Å². The lowest BCUT2D eigenvalue weighted by molar-refractivity contribution is 0.0935. The van der Waals surface area contributed by atoms with Crippen molar-refractivity contribution in [2.75, 3.05) is 19.8 Å². The summed E-state index contributed by atoms with van der Waals surface area (Å²) in [5.41, 5.74) is 0.514. The van der Waals surface area contributed by atoms with Crippen molar-refractivity contribution in [1.29, 1.82) is 0 Å². The molecule has 126 valence electrons. The summed E-state index contributed by atoms with van der Waals surface area (Å²) in [6.45, 7) is 2.13. The Balaban J connectivity index is 1.48. The van der Waals surface area contributed by atoms with Gasteiger partial charge in [0.05, 0.1) is 11.8 Å². The zero-order chi connectivity index (χ0) is 16.6. The molecule has 24 heavy (non-hydrogen) atoms. The van der Waals surface area contributed by atoms with Gasteiger partial charge in [0.1, 0.15) is 11.5 Å². The van der Waals surface area contributed by atoms with E-state index in [0.717, 1.165) is 18.9 Å². The molecule has 0 saturated heterocycles. The SMILES string of the molecule is O=C(NCCCOCC1CC1)c1ccccc1Oc1cccnc1. The molecule has 1 aliphatic carbocycles. The number of carbonyl (C=O) groups is 1. The van der Waals surface area contributed by atoms with E-state index in [1.54, 1.807) is 36.7 Å². The van der Waals surface area contributed by atoms with Crippen LogP contribution in [0.15, 0.2) is 48.8 Å². The Hall–Kier alpha value is -2.40. The average molecular weight is 326 g/mol. The van der Waals surface area contributed by atoms with Crippen molar-refractivity contribution in [3.05, 3.63) is 54.4 Å². The minimum Gasteiger partial charge on any atom is -0.455 e. The smallest absolute Gasteiger partial charge is 0.255 e. The molecule has 1 aromatic heterocycles. The Bertz CT molecular complexity index is 657. The monoisotopic (exact) mass is 326 g/mol. The molecule has 1 saturated carbocycles. The number of para-hydroxylation sites is 1. The van der Waals surface area contributed by atoms with Crippen LogP contribution in [0.1, 0.15) is 29.6 Å². The molecule has 3 rings (SSSR count). The number of pyridine rings is 1. The summed E-state index contributed by atoms with van der Waals surface area (Å²) < 4.78 is 11.3. The molecule has 0 aliphatic heterocycles. The predicted octanol–water partition coefficient (Wildman–Crippen LogP) is 3.42. The van der Waals surface area contributed by atoms with Crippen molar-refractivity contribution in [2.24, 2.45) is 5.92 Å². The Morgan fingerprint density at radius 1 is 1.21 bits per heavy atom. The molecule has 0 atom stereocenters. The van der Waals surface area contributed by atoms with E-state index in [9.17, 15) is 4.79 Å². The molecule has 0 bridgehead atoms. The fourth-order valence-corrected chi connectivity index (χ4v) is 2.28. The maximum absolute atomic E-state index is 12.4. The third-order valence-corrected chi connectivity index (χ3v) is 3.80. The van der Waals surface area contributed by atoms with E-state index in [2.05, 4.69) is 10.3 Å². The Labute approximate surface area is 142 Å². The van der Waals surface area contributed by atoms with Gasteiger partial charge in [0.15, 0.2) is 0 Å². The first-order valence-corrected chi connectivity index (χ1v) is 8.36. The second kappa shape index (κ2) is 8.45. The summed E-state index contributed by atoms with van der Waals surface area (Å²) in [7, 11) is 0. The number of hydrogen-bond acceptors (Lipinski definition) is 4. The number of aromatic nitrogens is 1. The van der Waals surface area contributed by atoms with Gasteiger partial charge < -0.3 is 14.8 Å². The van der Waals surface area contributed by atoms with Crippen LogP contribution in [-0.2, 0) is 4.74 Å². The van der Waals surface area contributed by atoms with E-state index < -0.39 is 0 Å². The highest BCUT2D eigenvalue weighted by Crippen LogP contribution is 2.28. The highest BCUT2D eigenvalue weighted by molar-refractivity contribution is 5.96. The number of ether oxygens (including phenoxy) is 2. The molecule has 5 nitrogen and oxygen atoms in total. The number of rotatable bonds is 9. The van der Waals surface area contributed by atoms with E-state index in [0.29, 0.717) is 30.2 Å². The van der Waals surface area contributed by atoms with Gasteiger partial charge in [-0.05, 0) is 49.4 Å². The Morgan fingerprint density at radius 3 is 2.88 bits per heavy atom. The Kier molecular flexibility index (Phi) is 5.80. The highest BCUT2D eigenvalue weighted by Gasteiger charge is 2.20. The first kappa shape index (κ1) is 16.5. The van der Waals surface area contributed by atoms with E-state index in [1.165, 1.54) is 12.8 Å². The summed E-state index contributed by atoms with van der Waals surface area (Å²) in [5, 5.41) is 2.91. The van der Waals surface area contributed by atoms with Crippen molar-refractivity contribution in [3.8, 4) is 11.5 Å². The van der Waals surface area contributed by atoms with Gasteiger partial charge >= 0.3 is 0 Å². The summed E-state index contributed by atoms with van der Waals surface area (Å²) in [6.07, 6.45) is 6.70. The molecule has 0 unspecified atom stereocenters. The molecular formula is C19H22N2O3. The van der Waals surface area contributed by atoms with Crippen LogP contribution in [0, 0.1) is 5.92 Å². The lowest BCUT2D eigenvalue weighted by atomic mass is 10.2. The van der Waals surface area contributed by atoms with Crippen molar-refractivity contribution >= 4 is 5.91 Å².